The van der Waals surface area contributed by atoms with Gasteiger partial charge in [-0.15, -0.1) is 11.3 Å². The molecule has 0 aliphatic carbocycles. The van der Waals surface area contributed by atoms with Crippen LogP contribution in [0.25, 0.3) is 0 Å². The number of hydrogen-bond acceptors (Lipinski definition) is 4. The second kappa shape index (κ2) is 6.70. The van der Waals surface area contributed by atoms with Gasteiger partial charge >= 0.3 is 0 Å². The first-order valence-electron chi connectivity index (χ1n) is 5.64. The zero-order chi connectivity index (χ0) is 13.9. The van der Waals surface area contributed by atoms with Gasteiger partial charge in [0.15, 0.2) is 9.84 Å². The van der Waals surface area contributed by atoms with Crippen molar-refractivity contribution < 1.29 is 8.42 Å². The van der Waals surface area contributed by atoms with Crippen molar-refractivity contribution >= 4 is 48.7 Å². The molecule has 0 saturated carbocycles. The molecule has 0 aromatic carbocycles. The predicted octanol–water partition coefficient (Wildman–Crippen LogP) is 3.64. The molecule has 1 heterocycles. The molecule has 1 aromatic rings. The van der Waals surface area contributed by atoms with Crippen LogP contribution in [0.4, 0.5) is 0 Å². The number of nitrogens with one attached hydrogen (secondary N) is 1. The average molecular weight is 375 g/mol. The predicted molar refractivity (Wildman–Crippen MR) is 82.4 cm³/mol. The second-order valence-electron chi connectivity index (χ2n) is 4.24. The molecule has 1 aromatic heterocycles. The van der Waals surface area contributed by atoms with Crippen molar-refractivity contribution in [3.8, 4) is 0 Å². The molecule has 0 fully saturated rings. The lowest BCUT2D eigenvalue weighted by Gasteiger charge is -2.22. The highest BCUT2D eigenvalue weighted by atomic mass is 79.9. The number of hydrogen-bond donors (Lipinski definition) is 1. The molecular weight excluding hydrogens is 358 g/mol. The summed E-state index contributed by atoms with van der Waals surface area (Å²) in [5.74, 6) is 0. The van der Waals surface area contributed by atoms with Gasteiger partial charge in [0, 0.05) is 15.6 Å². The van der Waals surface area contributed by atoms with Gasteiger partial charge in [-0.1, -0.05) is 18.5 Å². The van der Waals surface area contributed by atoms with Crippen molar-refractivity contribution in [2.45, 2.75) is 31.6 Å². The van der Waals surface area contributed by atoms with Gasteiger partial charge in [-0.25, -0.2) is 8.42 Å². The van der Waals surface area contributed by atoms with Crippen molar-refractivity contribution in [2.75, 3.05) is 12.8 Å². The van der Waals surface area contributed by atoms with E-state index in [1.807, 2.05) is 13.0 Å². The van der Waals surface area contributed by atoms with E-state index >= 15 is 0 Å². The maximum Gasteiger partial charge on any atom is 0.151 e. The topological polar surface area (TPSA) is 46.2 Å². The van der Waals surface area contributed by atoms with Crippen molar-refractivity contribution in [3.63, 3.8) is 0 Å². The average Bonchev–Trinajstić information content (AvgIpc) is 2.58. The molecule has 1 rings (SSSR count). The van der Waals surface area contributed by atoms with Gasteiger partial charge in [-0.05, 0) is 41.9 Å². The summed E-state index contributed by atoms with van der Waals surface area (Å²) < 4.78 is 24.9. The molecule has 0 bridgehead atoms. The molecule has 3 nitrogen and oxygen atoms in total. The second-order valence-corrected chi connectivity index (χ2v) is 9.18. The first-order valence-corrected chi connectivity index (χ1v) is 9.58. The summed E-state index contributed by atoms with van der Waals surface area (Å²) in [6, 6.07) is 1.68. The van der Waals surface area contributed by atoms with Gasteiger partial charge in [-0.3, -0.25) is 0 Å². The lowest BCUT2D eigenvalue weighted by Crippen LogP contribution is -2.34. The molecule has 0 spiro atoms. The van der Waals surface area contributed by atoms with E-state index in [4.69, 9.17) is 11.6 Å². The van der Waals surface area contributed by atoms with Gasteiger partial charge in [-0.2, -0.15) is 0 Å². The molecular formula is C11H17BrClNO2S2. The molecule has 0 radical (unpaired) electrons. The highest BCUT2D eigenvalue weighted by molar-refractivity contribution is 9.10. The van der Waals surface area contributed by atoms with E-state index in [1.54, 1.807) is 6.92 Å². The Hall–Kier alpha value is 0.380. The van der Waals surface area contributed by atoms with Crippen LogP contribution in [0.3, 0.4) is 0 Å². The van der Waals surface area contributed by atoms with Crippen LogP contribution in [0.5, 0.6) is 0 Å². The Kier molecular flexibility index (Phi) is 6.12. The zero-order valence-corrected chi connectivity index (χ0v) is 14.5. The van der Waals surface area contributed by atoms with Crippen molar-refractivity contribution in [2.24, 2.45) is 0 Å². The smallest absolute Gasteiger partial charge is 0.151 e. The SMILES string of the molecule is CCCNC(c1cc(Br)c(Cl)s1)C(C)S(C)(=O)=O. The minimum absolute atomic E-state index is 0.214. The Morgan fingerprint density at radius 3 is 2.56 bits per heavy atom. The van der Waals surface area contributed by atoms with Gasteiger partial charge in [0.2, 0.25) is 0 Å². The Labute approximate surface area is 126 Å². The van der Waals surface area contributed by atoms with Gasteiger partial charge < -0.3 is 5.32 Å². The fourth-order valence-electron chi connectivity index (χ4n) is 1.56. The molecule has 0 saturated heterocycles. The van der Waals surface area contributed by atoms with Crippen LogP contribution in [0.2, 0.25) is 4.34 Å². The van der Waals surface area contributed by atoms with E-state index in [0.29, 0.717) is 4.34 Å². The molecule has 0 aliphatic rings. The minimum Gasteiger partial charge on any atom is -0.308 e. The van der Waals surface area contributed by atoms with Crippen LogP contribution in [0.15, 0.2) is 10.5 Å². The van der Waals surface area contributed by atoms with E-state index in [2.05, 4.69) is 21.2 Å². The molecule has 1 N–H and O–H groups in total. The normalized spacial score (nSPS) is 15.6. The Balaban J connectivity index is 3.05. The maximum absolute atomic E-state index is 11.7. The molecule has 104 valence electrons. The molecule has 0 aliphatic heterocycles. The number of rotatable bonds is 6. The van der Waals surface area contributed by atoms with Crippen LogP contribution < -0.4 is 5.32 Å². The van der Waals surface area contributed by atoms with Crippen LogP contribution in [-0.4, -0.2) is 26.5 Å². The molecule has 2 unspecified atom stereocenters. The van der Waals surface area contributed by atoms with E-state index < -0.39 is 15.1 Å². The summed E-state index contributed by atoms with van der Waals surface area (Å²) >= 11 is 10.8. The molecule has 2 atom stereocenters. The summed E-state index contributed by atoms with van der Waals surface area (Å²) in [6.45, 7) is 4.55. The molecule has 18 heavy (non-hydrogen) atoms. The molecule has 0 amide bonds. The third-order valence-corrected chi connectivity index (χ3v) is 6.91. The lowest BCUT2D eigenvalue weighted by atomic mass is 10.2. The van der Waals surface area contributed by atoms with Crippen LogP contribution in [0.1, 0.15) is 31.2 Å². The largest absolute Gasteiger partial charge is 0.308 e. The van der Waals surface area contributed by atoms with Crippen molar-refractivity contribution in [1.29, 1.82) is 0 Å². The van der Waals surface area contributed by atoms with Gasteiger partial charge in [0.1, 0.15) is 4.34 Å². The highest BCUT2D eigenvalue weighted by Gasteiger charge is 2.28. The number of halogens is 2. The maximum atomic E-state index is 11.7. The summed E-state index contributed by atoms with van der Waals surface area (Å²) in [4.78, 5) is 0.943. The number of thiophene rings is 1. The Morgan fingerprint density at radius 2 is 2.17 bits per heavy atom. The van der Waals surface area contributed by atoms with E-state index in [9.17, 15) is 8.42 Å². The van der Waals surface area contributed by atoms with Gasteiger partial charge in [0.05, 0.1) is 11.3 Å². The third kappa shape index (κ3) is 4.20. The summed E-state index contributed by atoms with van der Waals surface area (Å²) in [6.07, 6.45) is 2.22. The van der Waals surface area contributed by atoms with E-state index in [1.165, 1.54) is 17.6 Å². The fourth-order valence-corrected chi connectivity index (χ4v) is 4.30. The first kappa shape index (κ1) is 16.4. The quantitative estimate of drug-likeness (QED) is 0.827. The highest BCUT2D eigenvalue weighted by Crippen LogP contribution is 2.37. The fraction of sp³-hybridized carbons (Fsp3) is 0.636. The van der Waals surface area contributed by atoms with E-state index in [0.717, 1.165) is 22.3 Å². The van der Waals surface area contributed by atoms with Crippen molar-refractivity contribution in [3.05, 3.63) is 19.8 Å². The lowest BCUT2D eigenvalue weighted by molar-refractivity contribution is 0.506. The summed E-state index contributed by atoms with van der Waals surface area (Å²) in [5.41, 5.74) is 0. The van der Waals surface area contributed by atoms with E-state index in [-0.39, 0.29) is 6.04 Å². The zero-order valence-electron chi connectivity index (χ0n) is 10.5. The minimum atomic E-state index is -3.10. The molecule has 7 heteroatoms. The Bertz CT molecular complexity index is 482. The van der Waals surface area contributed by atoms with Gasteiger partial charge in [0.25, 0.3) is 0 Å². The van der Waals surface area contributed by atoms with Crippen LogP contribution >= 0.6 is 38.9 Å². The standard InChI is InChI=1S/C11H17BrClNO2S2/c1-4-5-14-10(7(2)18(3,15)16)9-6-8(12)11(13)17-9/h6-7,10,14H,4-5H2,1-3H3. The number of sulfone groups is 1. The van der Waals surface area contributed by atoms with Crippen LogP contribution in [0, 0.1) is 0 Å². The van der Waals surface area contributed by atoms with Crippen molar-refractivity contribution in [1.82, 2.24) is 5.32 Å². The van der Waals surface area contributed by atoms with Crippen LogP contribution in [-0.2, 0) is 9.84 Å². The third-order valence-electron chi connectivity index (χ3n) is 2.73. The monoisotopic (exact) mass is 373 g/mol. The summed E-state index contributed by atoms with van der Waals surface area (Å²) in [7, 11) is -3.10. The first-order chi connectivity index (χ1) is 8.27. The Morgan fingerprint density at radius 1 is 1.56 bits per heavy atom. The summed E-state index contributed by atoms with van der Waals surface area (Å²) in [5, 5.41) is 2.80.